The Hall–Kier alpha value is -1.83. The van der Waals surface area contributed by atoms with E-state index in [-0.39, 0.29) is 6.03 Å². The number of nitrogens with one attached hydrogen (secondary N) is 1. The zero-order valence-corrected chi connectivity index (χ0v) is 16.8. The summed E-state index contributed by atoms with van der Waals surface area (Å²) in [4.78, 5) is 22.4. The SMILES string of the molecule is Cc1ccc(Cl)c2sc(N3CCN(C(=O)NCc4cccs4)CC3)nc12. The van der Waals surface area contributed by atoms with Gasteiger partial charge in [0.1, 0.15) is 0 Å². The zero-order valence-electron chi connectivity index (χ0n) is 14.4. The van der Waals surface area contributed by atoms with E-state index in [0.717, 1.165) is 39.0 Å². The van der Waals surface area contributed by atoms with Crippen molar-refractivity contribution in [3.63, 3.8) is 0 Å². The molecule has 0 radical (unpaired) electrons. The molecule has 8 heteroatoms. The first kappa shape index (κ1) is 17.6. The van der Waals surface area contributed by atoms with Crippen LogP contribution >= 0.6 is 34.3 Å². The van der Waals surface area contributed by atoms with Gasteiger partial charge in [-0.3, -0.25) is 0 Å². The number of aryl methyl sites for hydroxylation is 1. The third kappa shape index (κ3) is 3.51. The second-order valence-electron chi connectivity index (χ2n) is 6.25. The molecule has 0 spiro atoms. The van der Waals surface area contributed by atoms with Crippen LogP contribution in [0.2, 0.25) is 5.02 Å². The summed E-state index contributed by atoms with van der Waals surface area (Å²) in [7, 11) is 0. The number of fused-ring (bicyclic) bond motifs is 1. The highest BCUT2D eigenvalue weighted by Crippen LogP contribution is 2.35. The fourth-order valence-electron chi connectivity index (χ4n) is 3.01. The average molecular weight is 407 g/mol. The highest BCUT2D eigenvalue weighted by atomic mass is 35.5. The lowest BCUT2D eigenvalue weighted by Crippen LogP contribution is -2.51. The molecule has 2 aromatic heterocycles. The van der Waals surface area contributed by atoms with E-state index in [1.165, 1.54) is 4.88 Å². The molecule has 1 aliphatic rings. The molecule has 1 aromatic carbocycles. The lowest BCUT2D eigenvalue weighted by atomic mass is 10.2. The number of benzene rings is 1. The summed E-state index contributed by atoms with van der Waals surface area (Å²) in [5.74, 6) is 0. The van der Waals surface area contributed by atoms with Crippen LogP contribution in [0.25, 0.3) is 10.2 Å². The second kappa shape index (κ2) is 7.42. The van der Waals surface area contributed by atoms with E-state index in [1.54, 1.807) is 22.7 Å². The number of amides is 2. The van der Waals surface area contributed by atoms with E-state index in [4.69, 9.17) is 16.6 Å². The van der Waals surface area contributed by atoms with Crippen molar-refractivity contribution >= 4 is 55.7 Å². The number of halogens is 1. The van der Waals surface area contributed by atoms with Crippen molar-refractivity contribution in [2.75, 3.05) is 31.1 Å². The van der Waals surface area contributed by atoms with Crippen LogP contribution in [0.3, 0.4) is 0 Å². The van der Waals surface area contributed by atoms with Crippen molar-refractivity contribution in [1.29, 1.82) is 0 Å². The van der Waals surface area contributed by atoms with Gasteiger partial charge in [-0.15, -0.1) is 11.3 Å². The van der Waals surface area contributed by atoms with Crippen LogP contribution in [0, 0.1) is 6.92 Å². The molecule has 2 amide bonds. The smallest absolute Gasteiger partial charge is 0.317 e. The van der Waals surface area contributed by atoms with E-state index in [9.17, 15) is 4.79 Å². The average Bonchev–Trinajstić information content (AvgIpc) is 3.33. The van der Waals surface area contributed by atoms with Crippen LogP contribution in [0.5, 0.6) is 0 Å². The normalized spacial score (nSPS) is 14.8. The van der Waals surface area contributed by atoms with Gasteiger partial charge in [0.15, 0.2) is 5.13 Å². The molecule has 0 aliphatic carbocycles. The summed E-state index contributed by atoms with van der Waals surface area (Å²) >= 11 is 9.60. The summed E-state index contributed by atoms with van der Waals surface area (Å²) in [6.07, 6.45) is 0. The van der Waals surface area contributed by atoms with Gasteiger partial charge < -0.3 is 15.1 Å². The second-order valence-corrected chi connectivity index (χ2v) is 8.67. The molecule has 0 saturated carbocycles. The summed E-state index contributed by atoms with van der Waals surface area (Å²) < 4.78 is 1.04. The molecular weight excluding hydrogens is 388 g/mol. The highest BCUT2D eigenvalue weighted by molar-refractivity contribution is 7.22. The van der Waals surface area contributed by atoms with Crippen LogP contribution in [0.4, 0.5) is 9.93 Å². The molecule has 1 saturated heterocycles. The standard InChI is InChI=1S/C18H19ClN4OS2/c1-12-4-5-14(19)16-15(12)21-18(26-16)23-8-6-22(7-9-23)17(24)20-11-13-3-2-10-25-13/h2-5,10H,6-9,11H2,1H3,(H,20,24). The lowest BCUT2D eigenvalue weighted by Gasteiger charge is -2.34. The Morgan fingerprint density at radius 2 is 2.08 bits per heavy atom. The first-order valence-electron chi connectivity index (χ1n) is 8.47. The molecule has 4 rings (SSSR count). The monoisotopic (exact) mass is 406 g/mol. The van der Waals surface area contributed by atoms with Gasteiger partial charge in [0.2, 0.25) is 0 Å². The predicted octanol–water partition coefficient (Wildman–Crippen LogP) is 4.35. The number of carbonyl (C=O) groups is 1. The molecule has 1 aliphatic heterocycles. The van der Waals surface area contributed by atoms with Gasteiger partial charge in [-0.25, -0.2) is 9.78 Å². The van der Waals surface area contributed by atoms with E-state index >= 15 is 0 Å². The first-order chi connectivity index (χ1) is 12.6. The van der Waals surface area contributed by atoms with E-state index in [0.29, 0.717) is 19.6 Å². The summed E-state index contributed by atoms with van der Waals surface area (Å²) in [6, 6.07) is 7.96. The quantitative estimate of drug-likeness (QED) is 0.703. The van der Waals surface area contributed by atoms with Crippen molar-refractivity contribution in [3.8, 4) is 0 Å². The van der Waals surface area contributed by atoms with Crippen LogP contribution in [0.1, 0.15) is 10.4 Å². The topological polar surface area (TPSA) is 48.5 Å². The molecule has 1 fully saturated rings. The Morgan fingerprint density at radius 3 is 2.77 bits per heavy atom. The van der Waals surface area contributed by atoms with Crippen molar-refractivity contribution in [3.05, 3.63) is 45.1 Å². The minimum atomic E-state index is 0.00115. The number of nitrogens with zero attached hydrogens (tertiary/aromatic N) is 3. The fraction of sp³-hybridized carbons (Fsp3) is 0.333. The Bertz CT molecular complexity index is 878. The fourth-order valence-corrected chi connectivity index (χ4v) is 5.03. The van der Waals surface area contributed by atoms with Crippen LogP contribution in [-0.2, 0) is 6.54 Å². The van der Waals surface area contributed by atoms with Gasteiger partial charge in [-0.05, 0) is 30.0 Å². The number of hydrogen-bond donors (Lipinski definition) is 1. The Morgan fingerprint density at radius 1 is 1.27 bits per heavy atom. The van der Waals surface area contributed by atoms with Gasteiger partial charge in [-0.1, -0.05) is 35.1 Å². The Balaban J connectivity index is 1.38. The molecule has 0 atom stereocenters. The van der Waals surface area contributed by atoms with Gasteiger partial charge >= 0.3 is 6.03 Å². The van der Waals surface area contributed by atoms with E-state index in [2.05, 4.69) is 17.1 Å². The number of thiazole rings is 1. The number of rotatable bonds is 3. The molecule has 3 aromatic rings. The molecule has 0 bridgehead atoms. The molecular formula is C18H19ClN4OS2. The molecule has 136 valence electrons. The number of urea groups is 1. The van der Waals surface area contributed by atoms with E-state index < -0.39 is 0 Å². The summed E-state index contributed by atoms with van der Waals surface area (Å²) in [5, 5.41) is 6.75. The first-order valence-corrected chi connectivity index (χ1v) is 10.5. The van der Waals surface area contributed by atoms with Gasteiger partial charge in [-0.2, -0.15) is 0 Å². The van der Waals surface area contributed by atoms with Crippen molar-refractivity contribution in [2.24, 2.45) is 0 Å². The minimum absolute atomic E-state index is 0.00115. The van der Waals surface area contributed by atoms with Crippen molar-refractivity contribution in [1.82, 2.24) is 15.2 Å². The van der Waals surface area contributed by atoms with Crippen LogP contribution in [-0.4, -0.2) is 42.1 Å². The van der Waals surface area contributed by atoms with Crippen LogP contribution < -0.4 is 10.2 Å². The maximum absolute atomic E-state index is 12.3. The lowest BCUT2D eigenvalue weighted by molar-refractivity contribution is 0.194. The third-order valence-electron chi connectivity index (χ3n) is 4.52. The van der Waals surface area contributed by atoms with Gasteiger partial charge in [0, 0.05) is 31.1 Å². The maximum atomic E-state index is 12.3. The van der Waals surface area contributed by atoms with Crippen LogP contribution in [0.15, 0.2) is 29.6 Å². The highest BCUT2D eigenvalue weighted by Gasteiger charge is 2.23. The number of aromatic nitrogens is 1. The van der Waals surface area contributed by atoms with Crippen molar-refractivity contribution in [2.45, 2.75) is 13.5 Å². The van der Waals surface area contributed by atoms with Gasteiger partial charge in [0.05, 0.1) is 21.8 Å². The Labute approximate surface area is 165 Å². The summed E-state index contributed by atoms with van der Waals surface area (Å²) in [5.41, 5.74) is 2.12. The minimum Gasteiger partial charge on any atom is -0.345 e. The van der Waals surface area contributed by atoms with Crippen molar-refractivity contribution < 1.29 is 4.79 Å². The largest absolute Gasteiger partial charge is 0.345 e. The van der Waals surface area contributed by atoms with E-state index in [1.807, 2.05) is 34.5 Å². The third-order valence-corrected chi connectivity index (χ3v) is 6.97. The molecule has 26 heavy (non-hydrogen) atoms. The number of hydrogen-bond acceptors (Lipinski definition) is 5. The van der Waals surface area contributed by atoms with Gasteiger partial charge in [0.25, 0.3) is 0 Å². The summed E-state index contributed by atoms with van der Waals surface area (Å²) in [6.45, 7) is 5.59. The number of piperazine rings is 1. The molecule has 5 nitrogen and oxygen atoms in total. The zero-order chi connectivity index (χ0) is 18.1. The number of carbonyl (C=O) groups excluding carboxylic acids is 1. The molecule has 0 unspecified atom stereocenters. The Kier molecular flexibility index (Phi) is 5.02. The number of thiophene rings is 1. The predicted molar refractivity (Wildman–Crippen MR) is 110 cm³/mol. The molecule has 1 N–H and O–H groups in total. The number of anilines is 1. The molecule has 3 heterocycles. The maximum Gasteiger partial charge on any atom is 0.317 e.